The smallest absolute Gasteiger partial charge is 0.318 e. The number of aliphatic carboxylic acids is 1. The van der Waals surface area contributed by atoms with Gasteiger partial charge in [0, 0.05) is 5.69 Å². The number of para-hydroxylation sites is 1. The fourth-order valence-corrected chi connectivity index (χ4v) is 1.97. The van der Waals surface area contributed by atoms with Crippen LogP contribution in [0.1, 0.15) is 10.4 Å². The van der Waals surface area contributed by atoms with E-state index in [9.17, 15) is 4.79 Å². The molecule has 1 rings (SSSR count). The highest BCUT2D eigenvalue weighted by Crippen LogP contribution is 2.34. The van der Waals surface area contributed by atoms with E-state index in [2.05, 4.69) is 31.9 Å². The van der Waals surface area contributed by atoms with E-state index in [0.717, 1.165) is 5.56 Å². The molecule has 0 heterocycles. The summed E-state index contributed by atoms with van der Waals surface area (Å²) < 4.78 is 0. The number of carbonyl (C=O) groups is 1. The standard InChI is InChI=1S/C9H9Br2NO2/c10-7(8(11)9(13)14)5-3-1-2-4-6(5)12/h1-4,7-8H,12H2,(H,13,14)/t7-,8-/m1/s1. The molecular formula is C9H9Br2NO2. The first-order chi connectivity index (χ1) is 6.54. The van der Waals surface area contributed by atoms with Crippen molar-refractivity contribution in [2.24, 2.45) is 0 Å². The molecule has 0 aliphatic heterocycles. The molecule has 0 saturated carbocycles. The highest BCUT2D eigenvalue weighted by molar-refractivity contribution is 9.12. The van der Waals surface area contributed by atoms with Crippen molar-refractivity contribution < 1.29 is 9.90 Å². The van der Waals surface area contributed by atoms with Crippen molar-refractivity contribution in [2.75, 3.05) is 5.73 Å². The molecular weight excluding hydrogens is 314 g/mol. The number of hydrogen-bond acceptors (Lipinski definition) is 2. The predicted octanol–water partition coefficient (Wildman–Crippen LogP) is 2.55. The maximum atomic E-state index is 10.7. The molecule has 0 fully saturated rings. The Bertz CT molecular complexity index is 343. The summed E-state index contributed by atoms with van der Waals surface area (Å²) in [5.41, 5.74) is 7.07. The molecule has 1 aromatic carbocycles. The minimum Gasteiger partial charge on any atom is -0.480 e. The third kappa shape index (κ3) is 2.48. The summed E-state index contributed by atoms with van der Waals surface area (Å²) >= 11 is 6.37. The number of halogens is 2. The van der Waals surface area contributed by atoms with Gasteiger partial charge in [0.15, 0.2) is 0 Å². The maximum absolute atomic E-state index is 10.7. The predicted molar refractivity (Wildman–Crippen MR) is 62.9 cm³/mol. The second-order valence-electron chi connectivity index (χ2n) is 2.77. The van der Waals surface area contributed by atoms with Gasteiger partial charge in [-0.3, -0.25) is 4.79 Å². The van der Waals surface area contributed by atoms with Crippen molar-refractivity contribution in [2.45, 2.75) is 9.65 Å². The van der Waals surface area contributed by atoms with Gasteiger partial charge in [-0.2, -0.15) is 0 Å². The van der Waals surface area contributed by atoms with E-state index in [-0.39, 0.29) is 4.83 Å². The molecule has 0 amide bonds. The van der Waals surface area contributed by atoms with Crippen LogP contribution in [0.25, 0.3) is 0 Å². The van der Waals surface area contributed by atoms with E-state index < -0.39 is 10.8 Å². The summed E-state index contributed by atoms with van der Waals surface area (Å²) in [7, 11) is 0. The minimum absolute atomic E-state index is 0.332. The largest absolute Gasteiger partial charge is 0.480 e. The Morgan fingerprint density at radius 2 is 1.93 bits per heavy atom. The molecule has 0 aliphatic rings. The lowest BCUT2D eigenvalue weighted by atomic mass is 10.1. The number of alkyl halides is 2. The monoisotopic (exact) mass is 321 g/mol. The average Bonchev–Trinajstić information content (AvgIpc) is 2.16. The highest BCUT2D eigenvalue weighted by Gasteiger charge is 2.25. The van der Waals surface area contributed by atoms with Gasteiger partial charge >= 0.3 is 5.97 Å². The van der Waals surface area contributed by atoms with Crippen molar-refractivity contribution in [1.29, 1.82) is 0 Å². The Balaban J connectivity index is 2.94. The molecule has 0 aliphatic carbocycles. The molecule has 14 heavy (non-hydrogen) atoms. The number of rotatable bonds is 3. The molecule has 3 N–H and O–H groups in total. The molecule has 5 heteroatoms. The van der Waals surface area contributed by atoms with Gasteiger partial charge in [0.1, 0.15) is 4.83 Å². The number of hydrogen-bond donors (Lipinski definition) is 2. The lowest BCUT2D eigenvalue weighted by Crippen LogP contribution is -2.18. The Morgan fingerprint density at radius 3 is 2.43 bits per heavy atom. The van der Waals surface area contributed by atoms with Crippen LogP contribution in [0.5, 0.6) is 0 Å². The molecule has 0 saturated heterocycles. The Kier molecular flexibility index (Phi) is 3.95. The Morgan fingerprint density at radius 1 is 1.36 bits per heavy atom. The van der Waals surface area contributed by atoms with Crippen LogP contribution in [0.2, 0.25) is 0 Å². The zero-order chi connectivity index (χ0) is 10.7. The van der Waals surface area contributed by atoms with Crippen molar-refractivity contribution in [1.82, 2.24) is 0 Å². The van der Waals surface area contributed by atoms with E-state index in [1.54, 1.807) is 12.1 Å². The summed E-state index contributed by atoms with van der Waals surface area (Å²) in [6.45, 7) is 0. The Labute approximate surface area is 98.6 Å². The van der Waals surface area contributed by atoms with Gasteiger partial charge in [0.05, 0.1) is 4.83 Å². The second-order valence-corrected chi connectivity index (χ2v) is 4.74. The van der Waals surface area contributed by atoms with Crippen molar-refractivity contribution in [3.8, 4) is 0 Å². The van der Waals surface area contributed by atoms with Crippen molar-refractivity contribution in [3.63, 3.8) is 0 Å². The SMILES string of the molecule is Nc1ccccc1[C@@H](Br)[C@@H](Br)C(=O)O. The fourth-order valence-electron chi connectivity index (χ4n) is 1.04. The van der Waals surface area contributed by atoms with Gasteiger partial charge in [0.25, 0.3) is 0 Å². The quantitative estimate of drug-likeness (QED) is 0.664. The van der Waals surface area contributed by atoms with Gasteiger partial charge in [-0.05, 0) is 11.6 Å². The van der Waals surface area contributed by atoms with Crippen LogP contribution < -0.4 is 5.73 Å². The highest BCUT2D eigenvalue weighted by atomic mass is 79.9. The van der Waals surface area contributed by atoms with Crippen LogP contribution in [0.3, 0.4) is 0 Å². The molecule has 76 valence electrons. The zero-order valence-electron chi connectivity index (χ0n) is 7.15. The lowest BCUT2D eigenvalue weighted by molar-refractivity contribution is -0.136. The third-order valence-electron chi connectivity index (χ3n) is 1.79. The number of anilines is 1. The van der Waals surface area contributed by atoms with Crippen LogP contribution in [0.4, 0.5) is 5.69 Å². The zero-order valence-corrected chi connectivity index (χ0v) is 10.3. The number of benzene rings is 1. The van der Waals surface area contributed by atoms with Crippen LogP contribution >= 0.6 is 31.9 Å². The van der Waals surface area contributed by atoms with Gasteiger partial charge in [-0.25, -0.2) is 0 Å². The van der Waals surface area contributed by atoms with E-state index in [1.165, 1.54) is 0 Å². The van der Waals surface area contributed by atoms with E-state index in [4.69, 9.17) is 10.8 Å². The van der Waals surface area contributed by atoms with E-state index >= 15 is 0 Å². The van der Waals surface area contributed by atoms with E-state index in [0.29, 0.717) is 5.69 Å². The van der Waals surface area contributed by atoms with Crippen molar-refractivity contribution in [3.05, 3.63) is 29.8 Å². The summed E-state index contributed by atoms with van der Waals surface area (Å²) in [6.07, 6.45) is 0. The molecule has 0 radical (unpaired) electrons. The van der Waals surface area contributed by atoms with Gasteiger partial charge in [-0.15, -0.1) is 0 Å². The molecule has 0 unspecified atom stereocenters. The molecule has 1 aromatic rings. The lowest BCUT2D eigenvalue weighted by Gasteiger charge is -2.14. The van der Waals surface area contributed by atoms with Crippen LogP contribution in [-0.4, -0.2) is 15.9 Å². The molecule has 0 spiro atoms. The van der Waals surface area contributed by atoms with Crippen LogP contribution in [-0.2, 0) is 4.79 Å². The Hall–Kier alpha value is -0.550. The van der Waals surface area contributed by atoms with E-state index in [1.807, 2.05) is 12.1 Å². The fraction of sp³-hybridized carbons (Fsp3) is 0.222. The first kappa shape index (κ1) is 11.5. The normalized spacial score (nSPS) is 14.7. The number of carboxylic acids is 1. The topological polar surface area (TPSA) is 63.3 Å². The number of carboxylic acid groups (broad SMARTS) is 1. The summed E-state index contributed by atoms with van der Waals surface area (Å²) in [5, 5.41) is 8.79. The van der Waals surface area contributed by atoms with Gasteiger partial charge in [-0.1, -0.05) is 50.1 Å². The second kappa shape index (κ2) is 4.79. The summed E-state index contributed by atoms with van der Waals surface area (Å²) in [6, 6.07) is 7.17. The maximum Gasteiger partial charge on any atom is 0.318 e. The minimum atomic E-state index is -0.921. The summed E-state index contributed by atoms with van der Waals surface area (Å²) in [5.74, 6) is -0.921. The van der Waals surface area contributed by atoms with Crippen molar-refractivity contribution >= 4 is 43.5 Å². The molecule has 3 nitrogen and oxygen atoms in total. The number of nitrogens with two attached hydrogens (primary N) is 1. The van der Waals surface area contributed by atoms with Crippen LogP contribution in [0, 0.1) is 0 Å². The first-order valence-electron chi connectivity index (χ1n) is 3.89. The van der Waals surface area contributed by atoms with Crippen LogP contribution in [0.15, 0.2) is 24.3 Å². The number of nitrogen functional groups attached to an aromatic ring is 1. The molecule has 0 bridgehead atoms. The van der Waals surface area contributed by atoms with Gasteiger partial charge in [0.2, 0.25) is 0 Å². The molecule has 0 aromatic heterocycles. The summed E-state index contributed by atoms with van der Waals surface area (Å²) in [4.78, 5) is 9.69. The third-order valence-corrected chi connectivity index (χ3v) is 4.44. The van der Waals surface area contributed by atoms with Gasteiger partial charge < -0.3 is 10.8 Å². The molecule has 2 atom stereocenters. The average molecular weight is 323 g/mol. The first-order valence-corrected chi connectivity index (χ1v) is 5.72.